The zero-order valence-corrected chi connectivity index (χ0v) is 13.8. The third kappa shape index (κ3) is 3.74. The number of hydrogen-bond acceptors (Lipinski definition) is 6. The first-order valence-electron chi connectivity index (χ1n) is 8.02. The number of esters is 2. The zero-order chi connectivity index (χ0) is 17.0. The second kappa shape index (κ2) is 7.15. The molecule has 0 radical (unpaired) electrons. The number of fused-ring (bicyclic) bond motifs is 2. The van der Waals surface area contributed by atoms with Gasteiger partial charge in [-0.25, -0.2) is 0 Å². The van der Waals surface area contributed by atoms with Gasteiger partial charge in [0.15, 0.2) is 0 Å². The highest BCUT2D eigenvalue weighted by molar-refractivity contribution is 5.76. The van der Waals surface area contributed by atoms with Crippen molar-refractivity contribution >= 4 is 18.4 Å². The van der Waals surface area contributed by atoms with E-state index in [2.05, 4.69) is 0 Å². The smallest absolute Gasteiger partial charge is 0.313 e. The molecule has 6 nitrogen and oxygen atoms in total. The Balaban J connectivity index is 1.78. The minimum atomic E-state index is -0.539. The van der Waals surface area contributed by atoms with Crippen molar-refractivity contribution in [1.29, 1.82) is 0 Å². The maximum atomic E-state index is 12.2. The molecule has 0 N–H and O–H groups in total. The van der Waals surface area contributed by atoms with Crippen LogP contribution in [0.3, 0.4) is 0 Å². The summed E-state index contributed by atoms with van der Waals surface area (Å²) in [6.07, 6.45) is 4.99. The number of carbonyl (C=O) groups excluding carboxylic acids is 3. The summed E-state index contributed by atoms with van der Waals surface area (Å²) in [5.74, 6) is -1.02. The summed E-state index contributed by atoms with van der Waals surface area (Å²) in [5.41, 5.74) is -0.539. The molecule has 0 saturated heterocycles. The summed E-state index contributed by atoms with van der Waals surface area (Å²) in [5, 5.41) is 0. The van der Waals surface area contributed by atoms with Gasteiger partial charge < -0.3 is 14.2 Å². The Hall–Kier alpha value is -1.85. The Morgan fingerprint density at radius 2 is 1.83 bits per heavy atom. The normalized spacial score (nSPS) is 28.5. The van der Waals surface area contributed by atoms with Crippen LogP contribution in [0.15, 0.2) is 12.2 Å². The van der Waals surface area contributed by atoms with E-state index in [4.69, 9.17) is 14.2 Å². The van der Waals surface area contributed by atoms with Crippen LogP contribution in [0, 0.1) is 23.2 Å². The van der Waals surface area contributed by atoms with Gasteiger partial charge in [-0.05, 0) is 32.6 Å². The minimum Gasteiger partial charge on any atom is -0.463 e. The molecule has 0 spiro atoms. The fourth-order valence-corrected chi connectivity index (χ4v) is 3.05. The van der Waals surface area contributed by atoms with E-state index in [0.717, 1.165) is 6.42 Å². The summed E-state index contributed by atoms with van der Waals surface area (Å²) in [4.78, 5) is 34.6. The SMILES string of the molecule is CCC(C)(C)C(=O)OCCOC(=O)C1C2C=CC(C2)C1OC=O. The van der Waals surface area contributed by atoms with Gasteiger partial charge in [-0.2, -0.15) is 0 Å². The second-order valence-electron chi connectivity index (χ2n) is 6.71. The summed E-state index contributed by atoms with van der Waals surface area (Å²) in [7, 11) is 0. The van der Waals surface area contributed by atoms with Crippen molar-refractivity contribution in [3.63, 3.8) is 0 Å². The Morgan fingerprint density at radius 3 is 2.48 bits per heavy atom. The van der Waals surface area contributed by atoms with E-state index in [0.29, 0.717) is 12.9 Å². The largest absolute Gasteiger partial charge is 0.463 e. The molecule has 128 valence electrons. The van der Waals surface area contributed by atoms with E-state index >= 15 is 0 Å². The van der Waals surface area contributed by atoms with Crippen LogP contribution in [0.5, 0.6) is 0 Å². The number of allylic oxidation sites excluding steroid dienone is 1. The molecule has 1 fully saturated rings. The lowest BCUT2D eigenvalue weighted by molar-refractivity contribution is -0.164. The van der Waals surface area contributed by atoms with Gasteiger partial charge in [0.1, 0.15) is 25.2 Å². The lowest BCUT2D eigenvalue weighted by Crippen LogP contribution is -2.35. The highest BCUT2D eigenvalue weighted by Gasteiger charge is 2.50. The minimum absolute atomic E-state index is 0.00970. The molecule has 0 aromatic heterocycles. The molecule has 0 heterocycles. The number of carbonyl (C=O) groups is 3. The number of hydrogen-bond donors (Lipinski definition) is 0. The predicted molar refractivity (Wildman–Crippen MR) is 81.2 cm³/mol. The molecule has 0 aromatic carbocycles. The van der Waals surface area contributed by atoms with Crippen molar-refractivity contribution < 1.29 is 28.6 Å². The molecule has 2 bridgehead atoms. The van der Waals surface area contributed by atoms with Crippen LogP contribution in [0.4, 0.5) is 0 Å². The highest BCUT2D eigenvalue weighted by atomic mass is 16.6. The first kappa shape index (κ1) is 17.5. The molecule has 4 atom stereocenters. The van der Waals surface area contributed by atoms with Gasteiger partial charge in [0.2, 0.25) is 0 Å². The van der Waals surface area contributed by atoms with Crippen molar-refractivity contribution in [2.45, 2.75) is 39.7 Å². The van der Waals surface area contributed by atoms with Crippen LogP contribution in [-0.4, -0.2) is 37.7 Å². The molecule has 2 aliphatic carbocycles. The Kier molecular flexibility index (Phi) is 5.44. The highest BCUT2D eigenvalue weighted by Crippen LogP contribution is 2.45. The fraction of sp³-hybridized carbons (Fsp3) is 0.706. The quantitative estimate of drug-likeness (QED) is 0.223. The fourth-order valence-electron chi connectivity index (χ4n) is 3.05. The summed E-state index contributed by atoms with van der Waals surface area (Å²) in [6.45, 7) is 5.96. The summed E-state index contributed by atoms with van der Waals surface area (Å²) in [6, 6.07) is 0. The van der Waals surface area contributed by atoms with E-state index in [1.807, 2.05) is 32.9 Å². The van der Waals surface area contributed by atoms with Crippen LogP contribution in [0.1, 0.15) is 33.6 Å². The molecule has 23 heavy (non-hydrogen) atoms. The average molecular weight is 324 g/mol. The maximum absolute atomic E-state index is 12.2. The topological polar surface area (TPSA) is 78.9 Å². The lowest BCUT2D eigenvalue weighted by atomic mass is 9.91. The van der Waals surface area contributed by atoms with E-state index in [9.17, 15) is 14.4 Å². The molecule has 0 amide bonds. The van der Waals surface area contributed by atoms with Crippen molar-refractivity contribution in [3.8, 4) is 0 Å². The van der Waals surface area contributed by atoms with Crippen LogP contribution >= 0.6 is 0 Å². The molecule has 6 heteroatoms. The molecule has 1 saturated carbocycles. The lowest BCUT2D eigenvalue weighted by Gasteiger charge is -2.25. The molecule has 2 rings (SSSR count). The van der Waals surface area contributed by atoms with Gasteiger partial charge in [-0.1, -0.05) is 19.1 Å². The van der Waals surface area contributed by atoms with Gasteiger partial charge in [-0.3, -0.25) is 14.4 Å². The van der Waals surface area contributed by atoms with Gasteiger partial charge >= 0.3 is 11.9 Å². The first-order chi connectivity index (χ1) is 10.9. The van der Waals surface area contributed by atoms with Gasteiger partial charge in [0.05, 0.1) is 5.41 Å². The number of rotatable bonds is 8. The zero-order valence-electron chi connectivity index (χ0n) is 13.8. The van der Waals surface area contributed by atoms with Crippen LogP contribution in [0.25, 0.3) is 0 Å². The van der Waals surface area contributed by atoms with Gasteiger partial charge in [0, 0.05) is 5.92 Å². The third-order valence-corrected chi connectivity index (χ3v) is 4.87. The van der Waals surface area contributed by atoms with Crippen molar-refractivity contribution in [2.24, 2.45) is 23.2 Å². The van der Waals surface area contributed by atoms with Crippen LogP contribution in [0.2, 0.25) is 0 Å². The summed E-state index contributed by atoms with van der Waals surface area (Å²) < 4.78 is 15.4. The second-order valence-corrected chi connectivity index (χ2v) is 6.71. The first-order valence-corrected chi connectivity index (χ1v) is 8.02. The third-order valence-electron chi connectivity index (χ3n) is 4.87. The Morgan fingerprint density at radius 1 is 1.17 bits per heavy atom. The average Bonchev–Trinajstić information content (AvgIpc) is 3.12. The predicted octanol–water partition coefficient (Wildman–Crippen LogP) is 1.87. The Labute approximate surface area is 136 Å². The molecule has 0 aliphatic heterocycles. The van der Waals surface area contributed by atoms with Crippen molar-refractivity contribution in [3.05, 3.63) is 12.2 Å². The van der Waals surface area contributed by atoms with Crippen LogP contribution < -0.4 is 0 Å². The molecular weight excluding hydrogens is 300 g/mol. The monoisotopic (exact) mass is 324 g/mol. The van der Waals surface area contributed by atoms with Gasteiger partial charge in [0.25, 0.3) is 6.47 Å². The maximum Gasteiger partial charge on any atom is 0.313 e. The van der Waals surface area contributed by atoms with Gasteiger partial charge in [-0.15, -0.1) is 0 Å². The van der Waals surface area contributed by atoms with Crippen molar-refractivity contribution in [2.75, 3.05) is 13.2 Å². The molecule has 2 aliphatic rings. The molecule has 4 unspecified atom stereocenters. The van der Waals surface area contributed by atoms with E-state index in [1.54, 1.807) is 0 Å². The Bertz CT molecular complexity index is 495. The van der Waals surface area contributed by atoms with Crippen molar-refractivity contribution in [1.82, 2.24) is 0 Å². The van der Waals surface area contributed by atoms with E-state index in [1.165, 1.54) is 0 Å². The molecular formula is C17H24O6. The standard InChI is InChI=1S/C17H24O6/c1-4-17(2,3)16(20)22-8-7-21-15(19)13-11-5-6-12(9-11)14(13)23-10-18/h5-6,10-14H,4,7-9H2,1-3H3. The van der Waals surface area contributed by atoms with Crippen LogP contribution in [-0.2, 0) is 28.6 Å². The van der Waals surface area contributed by atoms with E-state index in [-0.39, 0.29) is 31.0 Å². The van der Waals surface area contributed by atoms with E-state index < -0.39 is 23.4 Å². The summed E-state index contributed by atoms with van der Waals surface area (Å²) >= 11 is 0. The number of ether oxygens (including phenoxy) is 3. The molecule has 0 aromatic rings.